The number of hydrogen-bond donors (Lipinski definition) is 1. The Hall–Kier alpha value is -3.10. The minimum Gasteiger partial charge on any atom is -0.486 e. The van der Waals surface area contributed by atoms with Gasteiger partial charge in [-0.25, -0.2) is 0 Å². The van der Waals surface area contributed by atoms with Gasteiger partial charge in [0.15, 0.2) is 11.5 Å². The highest BCUT2D eigenvalue weighted by Gasteiger charge is 2.26. The number of rotatable bonds is 4. The van der Waals surface area contributed by atoms with Gasteiger partial charge < -0.3 is 14.8 Å². The molecule has 0 bridgehead atoms. The summed E-state index contributed by atoms with van der Waals surface area (Å²) in [5.74, 6) is 0.513. The molecule has 0 atom stereocenters. The summed E-state index contributed by atoms with van der Waals surface area (Å²) in [4.78, 5) is 22.8. The minimum atomic E-state index is -0.627. The van der Waals surface area contributed by atoms with Gasteiger partial charge in [0.05, 0.1) is 4.92 Å². The van der Waals surface area contributed by atoms with E-state index in [1.165, 1.54) is 4.68 Å². The Kier molecular flexibility index (Phi) is 3.83. The van der Waals surface area contributed by atoms with Gasteiger partial charge in [-0.05, 0) is 19.1 Å². The number of anilines is 1. The summed E-state index contributed by atoms with van der Waals surface area (Å²) >= 11 is 0. The van der Waals surface area contributed by atoms with Crippen molar-refractivity contribution in [2.45, 2.75) is 13.5 Å². The van der Waals surface area contributed by atoms with Crippen LogP contribution in [0.5, 0.6) is 11.5 Å². The maximum Gasteiger partial charge on any atom is 0.320 e. The number of hydrogen-bond acceptors (Lipinski definition) is 6. The van der Waals surface area contributed by atoms with Crippen LogP contribution in [0.2, 0.25) is 0 Å². The molecule has 0 spiro atoms. The maximum atomic E-state index is 12.4. The second kappa shape index (κ2) is 5.95. The average Bonchev–Trinajstić information content (AvgIpc) is 2.99. The molecule has 0 unspecified atom stereocenters. The standard InChI is InChI=1S/C14H14N4O5/c1-2-17-13(10(8-15-17)18(20)21)14(19)16-9-3-4-11-12(7-9)23-6-5-22-11/h3-4,7-8H,2,5-6H2,1H3,(H,16,19). The highest BCUT2D eigenvalue weighted by atomic mass is 16.6. The predicted molar refractivity (Wildman–Crippen MR) is 79.9 cm³/mol. The first kappa shape index (κ1) is 14.8. The Morgan fingerprint density at radius 1 is 1.39 bits per heavy atom. The van der Waals surface area contributed by atoms with Gasteiger partial charge in [-0.15, -0.1) is 0 Å². The summed E-state index contributed by atoms with van der Waals surface area (Å²) in [6.45, 7) is 2.99. The Balaban J connectivity index is 1.87. The first-order chi connectivity index (χ1) is 11.1. The van der Waals surface area contributed by atoms with Crippen LogP contribution in [0.15, 0.2) is 24.4 Å². The zero-order valence-electron chi connectivity index (χ0n) is 12.3. The smallest absolute Gasteiger partial charge is 0.320 e. The van der Waals surface area contributed by atoms with Crippen molar-refractivity contribution in [1.82, 2.24) is 9.78 Å². The number of carbonyl (C=O) groups is 1. The summed E-state index contributed by atoms with van der Waals surface area (Å²) in [6.07, 6.45) is 1.07. The van der Waals surface area contributed by atoms with Crippen molar-refractivity contribution in [1.29, 1.82) is 0 Å². The van der Waals surface area contributed by atoms with E-state index in [1.807, 2.05) is 0 Å². The quantitative estimate of drug-likeness (QED) is 0.680. The lowest BCUT2D eigenvalue weighted by molar-refractivity contribution is -0.385. The van der Waals surface area contributed by atoms with E-state index >= 15 is 0 Å². The lowest BCUT2D eigenvalue weighted by Crippen LogP contribution is -2.19. The average molecular weight is 318 g/mol. The molecule has 1 amide bonds. The molecule has 1 N–H and O–H groups in total. The molecule has 1 aromatic heterocycles. The van der Waals surface area contributed by atoms with E-state index in [-0.39, 0.29) is 11.4 Å². The van der Waals surface area contributed by atoms with Gasteiger partial charge in [0, 0.05) is 18.3 Å². The molecular weight excluding hydrogens is 304 g/mol. The first-order valence-electron chi connectivity index (χ1n) is 7.01. The van der Waals surface area contributed by atoms with Crippen molar-refractivity contribution in [3.63, 3.8) is 0 Å². The fraction of sp³-hybridized carbons (Fsp3) is 0.286. The molecule has 3 rings (SSSR count). The summed E-state index contributed by atoms with van der Waals surface area (Å²) in [5.41, 5.74) is 0.0340. The van der Waals surface area contributed by atoms with Gasteiger partial charge >= 0.3 is 5.69 Å². The number of aryl methyl sites for hydroxylation is 1. The number of aromatic nitrogens is 2. The van der Waals surface area contributed by atoms with Crippen LogP contribution in [0.3, 0.4) is 0 Å². The molecule has 9 nitrogen and oxygen atoms in total. The van der Waals surface area contributed by atoms with E-state index in [1.54, 1.807) is 25.1 Å². The molecular formula is C14H14N4O5. The van der Waals surface area contributed by atoms with E-state index in [0.29, 0.717) is 36.9 Å². The van der Waals surface area contributed by atoms with Gasteiger partial charge in [-0.2, -0.15) is 5.10 Å². The zero-order chi connectivity index (χ0) is 16.4. The number of amides is 1. The molecule has 23 heavy (non-hydrogen) atoms. The van der Waals surface area contributed by atoms with E-state index in [2.05, 4.69) is 10.4 Å². The molecule has 0 fully saturated rings. The highest BCUT2D eigenvalue weighted by Crippen LogP contribution is 2.33. The lowest BCUT2D eigenvalue weighted by atomic mass is 10.2. The van der Waals surface area contributed by atoms with E-state index in [0.717, 1.165) is 6.20 Å². The Morgan fingerprint density at radius 3 is 2.83 bits per heavy atom. The SMILES string of the molecule is CCn1ncc([N+](=O)[O-])c1C(=O)Nc1ccc2c(c1)OCCO2. The molecule has 1 aliphatic rings. The van der Waals surface area contributed by atoms with E-state index in [9.17, 15) is 14.9 Å². The number of nitro groups is 1. The first-order valence-corrected chi connectivity index (χ1v) is 7.01. The van der Waals surface area contributed by atoms with Gasteiger partial charge in [-0.1, -0.05) is 0 Å². The fourth-order valence-corrected chi connectivity index (χ4v) is 2.29. The van der Waals surface area contributed by atoms with Crippen LogP contribution in [0.25, 0.3) is 0 Å². The summed E-state index contributed by atoms with van der Waals surface area (Å²) < 4.78 is 12.1. The normalized spacial score (nSPS) is 12.7. The largest absolute Gasteiger partial charge is 0.486 e. The van der Waals surface area contributed by atoms with Crippen molar-refractivity contribution >= 4 is 17.3 Å². The zero-order valence-corrected chi connectivity index (χ0v) is 12.3. The molecule has 120 valence electrons. The number of fused-ring (bicyclic) bond motifs is 1. The molecule has 0 aliphatic carbocycles. The van der Waals surface area contributed by atoms with Crippen molar-refractivity contribution in [3.05, 3.63) is 40.2 Å². The van der Waals surface area contributed by atoms with E-state index < -0.39 is 10.8 Å². The Bertz CT molecular complexity index is 771. The third kappa shape index (κ3) is 2.80. The number of benzene rings is 1. The second-order valence-corrected chi connectivity index (χ2v) is 4.76. The molecule has 0 saturated carbocycles. The van der Waals surface area contributed by atoms with Crippen LogP contribution < -0.4 is 14.8 Å². The highest BCUT2D eigenvalue weighted by molar-refractivity contribution is 6.05. The molecule has 0 radical (unpaired) electrons. The molecule has 1 aromatic carbocycles. The van der Waals surface area contributed by atoms with Crippen LogP contribution in [-0.2, 0) is 6.54 Å². The molecule has 2 aromatic rings. The Morgan fingerprint density at radius 2 is 2.13 bits per heavy atom. The van der Waals surface area contributed by atoms with Crippen LogP contribution in [0.1, 0.15) is 17.4 Å². The lowest BCUT2D eigenvalue weighted by Gasteiger charge is -2.19. The number of ether oxygens (including phenoxy) is 2. The van der Waals surface area contributed by atoms with Gasteiger partial charge in [-0.3, -0.25) is 19.6 Å². The Labute approximate surface area is 131 Å². The van der Waals surface area contributed by atoms with Crippen molar-refractivity contribution in [2.75, 3.05) is 18.5 Å². The van der Waals surface area contributed by atoms with Crippen molar-refractivity contribution < 1.29 is 19.2 Å². The maximum absolute atomic E-state index is 12.4. The van der Waals surface area contributed by atoms with Crippen LogP contribution in [0.4, 0.5) is 11.4 Å². The second-order valence-electron chi connectivity index (χ2n) is 4.76. The van der Waals surface area contributed by atoms with Crippen molar-refractivity contribution in [2.24, 2.45) is 0 Å². The summed E-state index contributed by atoms with van der Waals surface area (Å²) in [6, 6.07) is 4.93. The molecule has 2 heterocycles. The fourth-order valence-electron chi connectivity index (χ4n) is 2.29. The number of nitrogens with zero attached hydrogens (tertiary/aromatic N) is 3. The van der Waals surface area contributed by atoms with Gasteiger partial charge in [0.1, 0.15) is 19.4 Å². The summed E-state index contributed by atoms with van der Waals surface area (Å²) in [5, 5.41) is 17.5. The third-order valence-electron chi connectivity index (χ3n) is 3.33. The topological polar surface area (TPSA) is 109 Å². The monoisotopic (exact) mass is 318 g/mol. The third-order valence-corrected chi connectivity index (χ3v) is 3.33. The predicted octanol–water partition coefficient (Wildman–Crippen LogP) is 1.83. The molecule has 9 heteroatoms. The molecule has 0 saturated heterocycles. The van der Waals surface area contributed by atoms with Gasteiger partial charge in [0.2, 0.25) is 5.69 Å². The minimum absolute atomic E-state index is 0.0904. The number of carbonyl (C=O) groups excluding carboxylic acids is 1. The van der Waals surface area contributed by atoms with Crippen LogP contribution in [0, 0.1) is 10.1 Å². The number of nitrogens with one attached hydrogen (secondary N) is 1. The van der Waals surface area contributed by atoms with Crippen molar-refractivity contribution in [3.8, 4) is 11.5 Å². The van der Waals surface area contributed by atoms with Crippen LogP contribution >= 0.6 is 0 Å². The van der Waals surface area contributed by atoms with Gasteiger partial charge in [0.25, 0.3) is 5.91 Å². The van der Waals surface area contributed by atoms with Crippen LogP contribution in [-0.4, -0.2) is 33.8 Å². The van der Waals surface area contributed by atoms with E-state index in [4.69, 9.17) is 9.47 Å². The molecule has 1 aliphatic heterocycles. The summed E-state index contributed by atoms with van der Waals surface area (Å²) in [7, 11) is 0.